The molecule has 5 nitrogen and oxygen atoms in total. The molecule has 0 spiro atoms. The van der Waals surface area contributed by atoms with E-state index in [1.807, 2.05) is 0 Å². The molecular formula is C22H19ClFNO4S. The minimum atomic E-state index is -3.59. The van der Waals surface area contributed by atoms with Gasteiger partial charge in [-0.15, -0.1) is 0 Å². The average Bonchev–Trinajstić information content (AvgIpc) is 2.72. The Kier molecular flexibility index (Phi) is 7.07. The number of ether oxygens (including phenoxy) is 1. The monoisotopic (exact) mass is 447 g/mol. The fourth-order valence-corrected chi connectivity index (χ4v) is 4.04. The van der Waals surface area contributed by atoms with Crippen LogP contribution in [0.5, 0.6) is 5.75 Å². The molecule has 156 valence electrons. The zero-order chi connectivity index (χ0) is 21.6. The molecule has 0 saturated heterocycles. The summed E-state index contributed by atoms with van der Waals surface area (Å²) >= 11 is 5.77. The van der Waals surface area contributed by atoms with E-state index in [9.17, 15) is 17.6 Å². The van der Waals surface area contributed by atoms with Crippen LogP contribution >= 0.6 is 11.6 Å². The van der Waals surface area contributed by atoms with Gasteiger partial charge in [0.1, 0.15) is 18.2 Å². The topological polar surface area (TPSA) is 72.5 Å². The van der Waals surface area contributed by atoms with Crippen LogP contribution in [0.15, 0.2) is 77.7 Å². The summed E-state index contributed by atoms with van der Waals surface area (Å²) in [6.45, 7) is 0.193. The lowest BCUT2D eigenvalue weighted by Crippen LogP contribution is -2.17. The number of carbonyl (C=O) groups excluding carboxylic acids is 1. The number of sulfone groups is 1. The van der Waals surface area contributed by atoms with E-state index in [0.29, 0.717) is 16.5 Å². The van der Waals surface area contributed by atoms with Gasteiger partial charge in [-0.1, -0.05) is 29.8 Å². The maximum atomic E-state index is 13.2. The van der Waals surface area contributed by atoms with Crippen molar-refractivity contribution in [2.75, 3.05) is 11.1 Å². The van der Waals surface area contributed by atoms with Crippen molar-refractivity contribution in [1.82, 2.24) is 0 Å². The van der Waals surface area contributed by atoms with Crippen LogP contribution in [0.1, 0.15) is 12.0 Å². The van der Waals surface area contributed by atoms with Crippen LogP contribution in [0, 0.1) is 5.82 Å². The summed E-state index contributed by atoms with van der Waals surface area (Å²) in [6, 6.07) is 18.6. The quantitative estimate of drug-likeness (QED) is 0.535. The third-order valence-corrected chi connectivity index (χ3v) is 6.17. The fraction of sp³-hybridized carbons (Fsp3) is 0.136. The second-order valence-electron chi connectivity index (χ2n) is 6.52. The number of rotatable bonds is 8. The molecule has 0 saturated carbocycles. The molecule has 0 aliphatic carbocycles. The third kappa shape index (κ3) is 6.30. The summed E-state index contributed by atoms with van der Waals surface area (Å²) in [5.74, 6) is -0.724. The van der Waals surface area contributed by atoms with Gasteiger partial charge in [0.05, 0.1) is 10.6 Å². The van der Waals surface area contributed by atoms with Gasteiger partial charge in [-0.2, -0.15) is 0 Å². The number of hydrogen-bond acceptors (Lipinski definition) is 4. The van der Waals surface area contributed by atoms with E-state index >= 15 is 0 Å². The van der Waals surface area contributed by atoms with Gasteiger partial charge in [-0.3, -0.25) is 4.79 Å². The zero-order valence-electron chi connectivity index (χ0n) is 15.8. The minimum absolute atomic E-state index is 0.121. The molecule has 8 heteroatoms. The maximum Gasteiger partial charge on any atom is 0.225 e. The van der Waals surface area contributed by atoms with E-state index < -0.39 is 15.7 Å². The van der Waals surface area contributed by atoms with Gasteiger partial charge in [0.2, 0.25) is 5.91 Å². The highest BCUT2D eigenvalue weighted by Gasteiger charge is 2.16. The molecule has 1 amide bonds. The Bertz CT molecular complexity index is 1130. The normalized spacial score (nSPS) is 11.1. The van der Waals surface area contributed by atoms with Crippen LogP contribution in [0.4, 0.5) is 10.1 Å². The molecular weight excluding hydrogens is 429 g/mol. The number of benzene rings is 3. The van der Waals surface area contributed by atoms with Gasteiger partial charge in [-0.25, -0.2) is 12.8 Å². The number of hydrogen-bond donors (Lipinski definition) is 1. The second-order valence-corrected chi connectivity index (χ2v) is 9.06. The minimum Gasteiger partial charge on any atom is -0.489 e. The summed E-state index contributed by atoms with van der Waals surface area (Å²) in [6.07, 6.45) is -0.186. The van der Waals surface area contributed by atoms with Gasteiger partial charge >= 0.3 is 0 Å². The van der Waals surface area contributed by atoms with Gasteiger partial charge in [0, 0.05) is 23.2 Å². The standard InChI is InChI=1S/C22H19ClFNO4S/c23-17-7-9-21(10-8-17)30(27,28)12-11-22(26)25-19-5-1-3-16(13-19)15-29-20-6-2-4-18(24)14-20/h1-10,13-14H,11-12,15H2,(H,25,26). The summed E-state index contributed by atoms with van der Waals surface area (Å²) in [7, 11) is -3.59. The lowest BCUT2D eigenvalue weighted by Gasteiger charge is -2.10. The van der Waals surface area contributed by atoms with Crippen molar-refractivity contribution in [2.24, 2.45) is 0 Å². The molecule has 30 heavy (non-hydrogen) atoms. The number of anilines is 1. The summed E-state index contributed by atoms with van der Waals surface area (Å²) in [5, 5.41) is 3.12. The molecule has 0 unspecified atom stereocenters. The van der Waals surface area contributed by atoms with Crippen molar-refractivity contribution in [3.8, 4) is 5.75 Å². The maximum absolute atomic E-state index is 13.2. The zero-order valence-corrected chi connectivity index (χ0v) is 17.4. The van der Waals surface area contributed by atoms with Gasteiger partial charge in [0.25, 0.3) is 0 Å². The first-order valence-electron chi connectivity index (χ1n) is 9.07. The predicted molar refractivity (Wildman–Crippen MR) is 114 cm³/mol. The van der Waals surface area contributed by atoms with E-state index in [4.69, 9.17) is 16.3 Å². The molecule has 0 aliphatic rings. The molecule has 0 aliphatic heterocycles. The van der Waals surface area contributed by atoms with E-state index in [1.165, 1.54) is 36.4 Å². The van der Waals surface area contributed by atoms with E-state index in [1.54, 1.807) is 36.4 Å². The summed E-state index contributed by atoms with van der Waals surface area (Å²) in [4.78, 5) is 12.3. The largest absolute Gasteiger partial charge is 0.489 e. The van der Waals surface area contributed by atoms with Crippen LogP contribution < -0.4 is 10.1 Å². The van der Waals surface area contributed by atoms with Crippen LogP contribution in [0.2, 0.25) is 5.02 Å². The van der Waals surface area contributed by atoms with E-state index in [2.05, 4.69) is 5.32 Å². The van der Waals surface area contributed by atoms with Gasteiger partial charge in [0.15, 0.2) is 9.84 Å². The number of amides is 1. The van der Waals surface area contributed by atoms with Crippen LogP contribution in [0.3, 0.4) is 0 Å². The molecule has 0 aromatic heterocycles. The molecule has 0 fully saturated rings. The Labute approximate surface area is 179 Å². The molecule has 3 rings (SSSR count). The van der Waals surface area contributed by atoms with E-state index in [-0.39, 0.29) is 29.5 Å². The number of halogens is 2. The molecule has 1 N–H and O–H groups in total. The smallest absolute Gasteiger partial charge is 0.225 e. The summed E-state index contributed by atoms with van der Waals surface area (Å²) in [5.41, 5.74) is 1.29. The van der Waals surface area contributed by atoms with Crippen LogP contribution in [-0.4, -0.2) is 20.1 Å². The Hall–Kier alpha value is -2.90. The first kappa shape index (κ1) is 21.8. The average molecular weight is 448 g/mol. The molecule has 0 heterocycles. The molecule has 0 atom stereocenters. The van der Waals surface area contributed by atoms with Crippen molar-refractivity contribution >= 4 is 33.0 Å². The van der Waals surface area contributed by atoms with Gasteiger partial charge < -0.3 is 10.1 Å². The lowest BCUT2D eigenvalue weighted by atomic mass is 10.2. The molecule has 0 bridgehead atoms. The molecule has 3 aromatic carbocycles. The lowest BCUT2D eigenvalue weighted by molar-refractivity contribution is -0.115. The summed E-state index contributed by atoms with van der Waals surface area (Å²) < 4.78 is 43.4. The predicted octanol–water partition coefficient (Wildman–Crippen LogP) is 4.86. The first-order chi connectivity index (χ1) is 14.3. The van der Waals surface area contributed by atoms with Gasteiger partial charge in [-0.05, 0) is 54.1 Å². The highest BCUT2D eigenvalue weighted by Crippen LogP contribution is 2.18. The van der Waals surface area contributed by atoms with Crippen LogP contribution in [0.25, 0.3) is 0 Å². The van der Waals surface area contributed by atoms with Crippen molar-refractivity contribution in [3.05, 3.63) is 89.2 Å². The Morgan fingerprint density at radius 2 is 1.73 bits per heavy atom. The Morgan fingerprint density at radius 3 is 2.47 bits per heavy atom. The highest BCUT2D eigenvalue weighted by atomic mass is 35.5. The number of carbonyl (C=O) groups is 1. The SMILES string of the molecule is O=C(CCS(=O)(=O)c1ccc(Cl)cc1)Nc1cccc(COc2cccc(F)c2)c1. The molecule has 0 radical (unpaired) electrons. The highest BCUT2D eigenvalue weighted by molar-refractivity contribution is 7.91. The third-order valence-electron chi connectivity index (χ3n) is 4.18. The fourth-order valence-electron chi connectivity index (χ4n) is 2.67. The van der Waals surface area contributed by atoms with Crippen molar-refractivity contribution in [2.45, 2.75) is 17.9 Å². The second kappa shape index (κ2) is 9.73. The Morgan fingerprint density at radius 1 is 1.00 bits per heavy atom. The first-order valence-corrected chi connectivity index (χ1v) is 11.1. The van der Waals surface area contributed by atoms with Crippen molar-refractivity contribution in [3.63, 3.8) is 0 Å². The van der Waals surface area contributed by atoms with E-state index in [0.717, 1.165) is 5.56 Å². The number of nitrogens with one attached hydrogen (secondary N) is 1. The van der Waals surface area contributed by atoms with Crippen molar-refractivity contribution in [1.29, 1.82) is 0 Å². The van der Waals surface area contributed by atoms with Crippen LogP contribution in [-0.2, 0) is 21.2 Å². The molecule has 3 aromatic rings. The van der Waals surface area contributed by atoms with Crippen molar-refractivity contribution < 1.29 is 22.3 Å². The Balaban J connectivity index is 1.55.